The van der Waals surface area contributed by atoms with E-state index in [0.717, 1.165) is 11.6 Å². The van der Waals surface area contributed by atoms with E-state index in [1.165, 1.54) is 12.3 Å². The first kappa shape index (κ1) is 27.5. The molecule has 1 heterocycles. The van der Waals surface area contributed by atoms with Crippen molar-refractivity contribution in [1.82, 2.24) is 20.9 Å². The fraction of sp³-hybridized carbons (Fsp3) is 0.381. The van der Waals surface area contributed by atoms with E-state index in [0.29, 0.717) is 37.6 Å². The number of aliphatic imine (C=N–C) groups is 1. The van der Waals surface area contributed by atoms with E-state index in [1.54, 1.807) is 13.1 Å². The zero-order valence-corrected chi connectivity index (χ0v) is 20.3. The number of hydrogen-bond donors (Lipinski definition) is 4. The molecule has 1 aromatic heterocycles. The Labute approximate surface area is 202 Å². The molecule has 1 amide bonds. The molecule has 32 heavy (non-hydrogen) atoms. The molecule has 7 nitrogen and oxygen atoms in total. The van der Waals surface area contributed by atoms with Gasteiger partial charge in [-0.2, -0.15) is 13.2 Å². The van der Waals surface area contributed by atoms with Gasteiger partial charge in [0.15, 0.2) is 5.96 Å². The number of nitrogens with one attached hydrogen (secondary N) is 4. The van der Waals surface area contributed by atoms with E-state index in [2.05, 4.69) is 31.2 Å². The van der Waals surface area contributed by atoms with Gasteiger partial charge in [-0.3, -0.25) is 9.79 Å². The van der Waals surface area contributed by atoms with Crippen LogP contribution < -0.4 is 21.3 Å². The summed E-state index contributed by atoms with van der Waals surface area (Å²) < 4.78 is 39.0. The summed E-state index contributed by atoms with van der Waals surface area (Å²) in [6.07, 6.45) is -2.51. The Hall–Kier alpha value is -2.57. The molecule has 0 saturated heterocycles. The first-order valence-corrected chi connectivity index (χ1v) is 9.94. The third kappa shape index (κ3) is 8.89. The van der Waals surface area contributed by atoms with Crippen molar-refractivity contribution in [3.63, 3.8) is 0 Å². The number of carbonyl (C=O) groups is 1. The van der Waals surface area contributed by atoms with Crippen molar-refractivity contribution < 1.29 is 18.0 Å². The molecule has 176 valence electrons. The molecular weight excluding hydrogens is 536 g/mol. The molecule has 0 radical (unpaired) electrons. The minimum absolute atomic E-state index is 0. The zero-order valence-electron chi connectivity index (χ0n) is 17.9. The lowest BCUT2D eigenvalue weighted by atomic mass is 10.1. The Morgan fingerprint density at radius 2 is 1.91 bits per heavy atom. The van der Waals surface area contributed by atoms with Crippen molar-refractivity contribution in [2.45, 2.75) is 19.5 Å². The summed E-state index contributed by atoms with van der Waals surface area (Å²) in [7, 11) is 1.58. The first-order chi connectivity index (χ1) is 14.8. The van der Waals surface area contributed by atoms with Crippen molar-refractivity contribution in [3.05, 3.63) is 59.3 Å². The maximum Gasteiger partial charge on any atom is 0.419 e. The van der Waals surface area contributed by atoms with Gasteiger partial charge in [-0.25, -0.2) is 4.98 Å². The zero-order chi connectivity index (χ0) is 22.7. The SMILES string of the molecule is CCNC(=NCCc1cccc(C(=O)NC)c1)NCCNc1ncccc1C(F)(F)F.I. The fourth-order valence-electron chi connectivity index (χ4n) is 2.79. The lowest BCUT2D eigenvalue weighted by Crippen LogP contribution is -2.39. The Morgan fingerprint density at radius 1 is 1.12 bits per heavy atom. The number of rotatable bonds is 9. The molecular formula is C21H28F3IN6O. The van der Waals surface area contributed by atoms with Crippen molar-refractivity contribution in [2.75, 3.05) is 38.5 Å². The average molecular weight is 564 g/mol. The molecule has 0 aliphatic rings. The topological polar surface area (TPSA) is 90.4 Å². The number of hydrogen-bond acceptors (Lipinski definition) is 4. The van der Waals surface area contributed by atoms with E-state index in [4.69, 9.17) is 0 Å². The van der Waals surface area contributed by atoms with Crippen LogP contribution in [-0.4, -0.2) is 50.1 Å². The molecule has 0 bridgehead atoms. The average Bonchev–Trinajstić information content (AvgIpc) is 2.76. The van der Waals surface area contributed by atoms with Crippen LogP contribution in [0.25, 0.3) is 0 Å². The second-order valence-corrected chi connectivity index (χ2v) is 6.54. The third-order valence-corrected chi connectivity index (χ3v) is 4.25. The van der Waals surface area contributed by atoms with Crippen LogP contribution >= 0.6 is 24.0 Å². The lowest BCUT2D eigenvalue weighted by Gasteiger charge is -2.15. The minimum atomic E-state index is -4.46. The number of carbonyl (C=O) groups excluding carboxylic acids is 1. The molecule has 0 fully saturated rings. The van der Waals surface area contributed by atoms with Gasteiger partial charge in [0.25, 0.3) is 5.91 Å². The summed E-state index contributed by atoms with van der Waals surface area (Å²) in [6, 6.07) is 9.57. The van der Waals surface area contributed by atoms with Crippen molar-refractivity contribution in [2.24, 2.45) is 4.99 Å². The van der Waals surface area contributed by atoms with Crippen LogP contribution in [0.4, 0.5) is 19.0 Å². The van der Waals surface area contributed by atoms with Gasteiger partial charge < -0.3 is 21.3 Å². The second kappa shape index (κ2) is 13.8. The summed E-state index contributed by atoms with van der Waals surface area (Å²) >= 11 is 0. The molecule has 11 heteroatoms. The first-order valence-electron chi connectivity index (χ1n) is 9.94. The van der Waals surface area contributed by atoms with Gasteiger partial charge in [-0.05, 0) is 43.2 Å². The smallest absolute Gasteiger partial charge is 0.368 e. The van der Waals surface area contributed by atoms with Crippen molar-refractivity contribution in [3.8, 4) is 0 Å². The maximum atomic E-state index is 13.0. The minimum Gasteiger partial charge on any atom is -0.368 e. The number of aromatic nitrogens is 1. The monoisotopic (exact) mass is 564 g/mol. The van der Waals surface area contributed by atoms with E-state index in [1.807, 2.05) is 25.1 Å². The number of halogens is 4. The summed E-state index contributed by atoms with van der Waals surface area (Å²) in [6.45, 7) is 3.64. The van der Waals surface area contributed by atoms with Gasteiger partial charge in [0.05, 0.1) is 5.56 Å². The molecule has 0 spiro atoms. The third-order valence-electron chi connectivity index (χ3n) is 4.25. The standard InChI is InChI=1S/C21H27F3N6O.HI/c1-3-26-20(29-11-9-15-6-4-7-16(14-15)19(31)25-2)30-13-12-28-18-17(21(22,23)24)8-5-10-27-18;/h4-8,10,14H,3,9,11-13H2,1-2H3,(H,25,31)(H,27,28)(H2,26,29,30);1H. The molecule has 0 atom stereocenters. The highest BCUT2D eigenvalue weighted by atomic mass is 127. The Morgan fingerprint density at radius 3 is 2.59 bits per heavy atom. The number of alkyl halides is 3. The van der Waals surface area contributed by atoms with Gasteiger partial charge in [-0.1, -0.05) is 12.1 Å². The molecule has 0 aliphatic carbocycles. The Bertz CT molecular complexity index is 892. The largest absolute Gasteiger partial charge is 0.419 e. The van der Waals surface area contributed by atoms with Crippen LogP contribution in [0.15, 0.2) is 47.6 Å². The van der Waals surface area contributed by atoms with E-state index in [9.17, 15) is 18.0 Å². The number of amides is 1. The molecule has 0 unspecified atom stereocenters. The van der Waals surface area contributed by atoms with Crippen LogP contribution in [0.2, 0.25) is 0 Å². The number of pyridine rings is 1. The lowest BCUT2D eigenvalue weighted by molar-refractivity contribution is -0.137. The predicted molar refractivity (Wildman–Crippen MR) is 131 cm³/mol. The molecule has 1 aromatic carbocycles. The molecule has 2 aromatic rings. The van der Waals surface area contributed by atoms with Gasteiger partial charge >= 0.3 is 6.18 Å². The van der Waals surface area contributed by atoms with Crippen LogP contribution in [0.5, 0.6) is 0 Å². The van der Waals surface area contributed by atoms with Gasteiger partial charge in [0.1, 0.15) is 5.82 Å². The van der Waals surface area contributed by atoms with Crippen LogP contribution in [0.3, 0.4) is 0 Å². The van der Waals surface area contributed by atoms with E-state index >= 15 is 0 Å². The van der Waals surface area contributed by atoms with Gasteiger partial charge in [0, 0.05) is 45.0 Å². The Kier molecular flexibility index (Phi) is 11.8. The molecule has 2 rings (SSSR count). The van der Waals surface area contributed by atoms with Gasteiger partial charge in [-0.15, -0.1) is 24.0 Å². The van der Waals surface area contributed by atoms with Crippen LogP contribution in [-0.2, 0) is 12.6 Å². The predicted octanol–water partition coefficient (Wildman–Crippen LogP) is 3.29. The van der Waals surface area contributed by atoms with E-state index in [-0.39, 0.29) is 42.2 Å². The van der Waals surface area contributed by atoms with Crippen LogP contribution in [0.1, 0.15) is 28.4 Å². The highest BCUT2D eigenvalue weighted by molar-refractivity contribution is 14.0. The van der Waals surface area contributed by atoms with E-state index < -0.39 is 11.7 Å². The quantitative estimate of drug-likeness (QED) is 0.163. The Balaban J connectivity index is 0.00000512. The summed E-state index contributed by atoms with van der Waals surface area (Å²) in [5, 5.41) is 11.5. The van der Waals surface area contributed by atoms with Crippen LogP contribution in [0, 0.1) is 0 Å². The highest BCUT2D eigenvalue weighted by Gasteiger charge is 2.33. The molecule has 0 saturated carbocycles. The number of benzene rings is 1. The fourth-order valence-corrected chi connectivity index (χ4v) is 2.79. The number of nitrogens with zero attached hydrogens (tertiary/aromatic N) is 2. The second-order valence-electron chi connectivity index (χ2n) is 6.54. The van der Waals surface area contributed by atoms with Crippen molar-refractivity contribution in [1.29, 1.82) is 0 Å². The highest BCUT2D eigenvalue weighted by Crippen LogP contribution is 2.33. The van der Waals surface area contributed by atoms with Crippen molar-refractivity contribution >= 4 is 41.7 Å². The normalized spacial score (nSPS) is 11.3. The molecule has 4 N–H and O–H groups in total. The summed E-state index contributed by atoms with van der Waals surface area (Å²) in [4.78, 5) is 20.0. The summed E-state index contributed by atoms with van der Waals surface area (Å²) in [5.74, 6) is 0.216. The summed E-state index contributed by atoms with van der Waals surface area (Å²) in [5.41, 5.74) is 0.777. The molecule has 0 aliphatic heterocycles. The maximum absolute atomic E-state index is 13.0. The number of guanidine groups is 1. The number of anilines is 1. The van der Waals surface area contributed by atoms with Gasteiger partial charge in [0.2, 0.25) is 0 Å².